The van der Waals surface area contributed by atoms with Crippen molar-refractivity contribution in [2.24, 2.45) is 11.7 Å². The van der Waals surface area contributed by atoms with Gasteiger partial charge in [-0.15, -0.1) is 12.4 Å². The molecule has 2 saturated heterocycles. The first-order chi connectivity index (χ1) is 10.2. The standard InChI is InChI=1S/C16H27N3O2.ClH/c17-10-14-7-3-4-8-18(14)16(21)12-9-15(20)19(11-12)13-5-1-2-6-13;/h12-14H,1-11,17H2;1H. The van der Waals surface area contributed by atoms with Gasteiger partial charge in [0.1, 0.15) is 0 Å². The third-order valence-electron chi connectivity index (χ3n) is 5.46. The second kappa shape index (κ2) is 7.64. The summed E-state index contributed by atoms with van der Waals surface area (Å²) in [5, 5.41) is 0. The number of amides is 2. The normalized spacial score (nSPS) is 29.8. The number of nitrogens with two attached hydrogens (primary N) is 1. The van der Waals surface area contributed by atoms with Gasteiger partial charge in [-0.05, 0) is 32.1 Å². The van der Waals surface area contributed by atoms with Crippen molar-refractivity contribution in [1.29, 1.82) is 0 Å². The van der Waals surface area contributed by atoms with Gasteiger partial charge in [0.25, 0.3) is 0 Å². The van der Waals surface area contributed by atoms with E-state index in [1.54, 1.807) is 0 Å². The lowest BCUT2D eigenvalue weighted by molar-refractivity contribution is -0.139. The molecular formula is C16H28ClN3O2. The van der Waals surface area contributed by atoms with Crippen molar-refractivity contribution in [2.45, 2.75) is 63.5 Å². The van der Waals surface area contributed by atoms with Crippen molar-refractivity contribution in [1.82, 2.24) is 9.80 Å². The SMILES string of the molecule is Cl.NCC1CCCCN1C(=O)C1CC(=O)N(C2CCCC2)C1. The fourth-order valence-electron chi connectivity index (χ4n) is 4.24. The number of carbonyl (C=O) groups is 2. The average molecular weight is 330 g/mol. The van der Waals surface area contributed by atoms with E-state index in [-0.39, 0.29) is 36.2 Å². The lowest BCUT2D eigenvalue weighted by Crippen LogP contribution is -2.50. The second-order valence-corrected chi connectivity index (χ2v) is 6.80. The summed E-state index contributed by atoms with van der Waals surface area (Å²) >= 11 is 0. The van der Waals surface area contributed by atoms with Gasteiger partial charge in [0, 0.05) is 38.1 Å². The molecule has 0 aromatic rings. The monoisotopic (exact) mass is 329 g/mol. The van der Waals surface area contributed by atoms with Crippen LogP contribution in [0.25, 0.3) is 0 Å². The first kappa shape index (κ1) is 17.5. The van der Waals surface area contributed by atoms with Gasteiger partial charge in [-0.3, -0.25) is 9.59 Å². The Bertz CT molecular complexity index is 412. The van der Waals surface area contributed by atoms with Crippen LogP contribution in [-0.4, -0.2) is 53.3 Å². The van der Waals surface area contributed by atoms with Crippen LogP contribution in [0, 0.1) is 5.92 Å². The average Bonchev–Trinajstić information content (AvgIpc) is 3.15. The van der Waals surface area contributed by atoms with Gasteiger partial charge in [0.15, 0.2) is 0 Å². The molecule has 0 aromatic heterocycles. The maximum absolute atomic E-state index is 12.8. The maximum Gasteiger partial charge on any atom is 0.228 e. The molecule has 126 valence electrons. The smallest absolute Gasteiger partial charge is 0.228 e. The van der Waals surface area contributed by atoms with E-state index in [0.29, 0.717) is 25.6 Å². The predicted molar refractivity (Wildman–Crippen MR) is 87.7 cm³/mol. The highest BCUT2D eigenvalue weighted by atomic mass is 35.5. The molecule has 6 heteroatoms. The summed E-state index contributed by atoms with van der Waals surface area (Å²) < 4.78 is 0. The predicted octanol–water partition coefficient (Wildman–Crippen LogP) is 1.54. The molecule has 1 saturated carbocycles. The number of halogens is 1. The number of carbonyl (C=O) groups excluding carboxylic acids is 2. The zero-order valence-electron chi connectivity index (χ0n) is 13.2. The van der Waals surface area contributed by atoms with Crippen molar-refractivity contribution in [2.75, 3.05) is 19.6 Å². The molecule has 2 N–H and O–H groups in total. The Balaban J connectivity index is 0.00000176. The minimum atomic E-state index is -0.134. The number of hydrogen-bond donors (Lipinski definition) is 1. The van der Waals surface area contributed by atoms with Crippen LogP contribution in [0.5, 0.6) is 0 Å². The maximum atomic E-state index is 12.8. The Morgan fingerprint density at radius 1 is 1.14 bits per heavy atom. The Labute approximate surface area is 139 Å². The molecule has 2 amide bonds. The van der Waals surface area contributed by atoms with Crippen LogP contribution in [0.1, 0.15) is 51.4 Å². The van der Waals surface area contributed by atoms with Gasteiger partial charge in [0.05, 0.1) is 5.92 Å². The topological polar surface area (TPSA) is 66.6 Å². The van der Waals surface area contributed by atoms with Gasteiger partial charge >= 0.3 is 0 Å². The van der Waals surface area contributed by atoms with Crippen LogP contribution in [-0.2, 0) is 9.59 Å². The Morgan fingerprint density at radius 2 is 1.82 bits per heavy atom. The third kappa shape index (κ3) is 3.40. The second-order valence-electron chi connectivity index (χ2n) is 6.80. The summed E-state index contributed by atoms with van der Waals surface area (Å²) in [6.07, 6.45) is 8.30. The number of rotatable bonds is 3. The summed E-state index contributed by atoms with van der Waals surface area (Å²) in [4.78, 5) is 28.9. The molecule has 2 unspecified atom stereocenters. The highest BCUT2D eigenvalue weighted by Crippen LogP contribution is 2.31. The molecule has 0 aromatic carbocycles. The minimum Gasteiger partial charge on any atom is -0.339 e. The van der Waals surface area contributed by atoms with Crippen molar-refractivity contribution < 1.29 is 9.59 Å². The van der Waals surface area contributed by atoms with E-state index in [9.17, 15) is 9.59 Å². The van der Waals surface area contributed by atoms with E-state index in [2.05, 4.69) is 0 Å². The molecule has 22 heavy (non-hydrogen) atoms. The molecule has 1 aliphatic carbocycles. The van der Waals surface area contributed by atoms with E-state index in [0.717, 1.165) is 38.6 Å². The van der Waals surface area contributed by atoms with Crippen LogP contribution in [0.4, 0.5) is 0 Å². The van der Waals surface area contributed by atoms with Crippen LogP contribution in [0.2, 0.25) is 0 Å². The largest absolute Gasteiger partial charge is 0.339 e. The minimum absolute atomic E-state index is 0. The van der Waals surface area contributed by atoms with Crippen LogP contribution < -0.4 is 5.73 Å². The molecule has 3 aliphatic rings. The molecule has 0 bridgehead atoms. The molecule has 3 rings (SSSR count). The lowest BCUT2D eigenvalue weighted by Gasteiger charge is -2.36. The van der Waals surface area contributed by atoms with E-state index < -0.39 is 0 Å². The zero-order valence-corrected chi connectivity index (χ0v) is 14.0. The Hall–Kier alpha value is -0.810. The number of piperidine rings is 1. The third-order valence-corrected chi connectivity index (χ3v) is 5.46. The van der Waals surface area contributed by atoms with E-state index in [1.807, 2.05) is 9.80 Å². The summed E-state index contributed by atoms with van der Waals surface area (Å²) in [7, 11) is 0. The van der Waals surface area contributed by atoms with Crippen LogP contribution in [0.15, 0.2) is 0 Å². The molecule has 5 nitrogen and oxygen atoms in total. The zero-order chi connectivity index (χ0) is 14.8. The van der Waals surface area contributed by atoms with Gasteiger partial charge < -0.3 is 15.5 Å². The quantitative estimate of drug-likeness (QED) is 0.854. The first-order valence-corrected chi connectivity index (χ1v) is 8.50. The molecule has 2 atom stereocenters. The van der Waals surface area contributed by atoms with Crippen LogP contribution in [0.3, 0.4) is 0 Å². The van der Waals surface area contributed by atoms with E-state index >= 15 is 0 Å². The Morgan fingerprint density at radius 3 is 2.50 bits per heavy atom. The summed E-state index contributed by atoms with van der Waals surface area (Å²) in [6, 6.07) is 0.573. The Kier molecular flexibility index (Phi) is 6.09. The van der Waals surface area contributed by atoms with Gasteiger partial charge in [-0.2, -0.15) is 0 Å². The molecule has 2 aliphatic heterocycles. The highest BCUT2D eigenvalue weighted by Gasteiger charge is 2.41. The fourth-order valence-corrected chi connectivity index (χ4v) is 4.24. The summed E-state index contributed by atoms with van der Waals surface area (Å²) in [6.45, 7) is 1.99. The van der Waals surface area contributed by atoms with Crippen molar-refractivity contribution in [3.63, 3.8) is 0 Å². The van der Waals surface area contributed by atoms with Crippen molar-refractivity contribution >= 4 is 24.2 Å². The molecule has 0 radical (unpaired) electrons. The molecule has 0 spiro atoms. The highest BCUT2D eigenvalue weighted by molar-refractivity contribution is 5.89. The number of hydrogen-bond acceptors (Lipinski definition) is 3. The lowest BCUT2D eigenvalue weighted by atomic mass is 9.98. The van der Waals surface area contributed by atoms with Gasteiger partial charge in [-0.25, -0.2) is 0 Å². The molecular weight excluding hydrogens is 302 g/mol. The van der Waals surface area contributed by atoms with Gasteiger partial charge in [0.2, 0.25) is 11.8 Å². The van der Waals surface area contributed by atoms with Crippen LogP contribution >= 0.6 is 12.4 Å². The summed E-state index contributed by atoms with van der Waals surface area (Å²) in [5.74, 6) is 0.214. The molecule has 2 heterocycles. The fraction of sp³-hybridized carbons (Fsp3) is 0.875. The van der Waals surface area contributed by atoms with Gasteiger partial charge in [-0.1, -0.05) is 12.8 Å². The first-order valence-electron chi connectivity index (χ1n) is 8.50. The number of nitrogens with zero attached hydrogens (tertiary/aromatic N) is 2. The van der Waals surface area contributed by atoms with Crippen molar-refractivity contribution in [3.8, 4) is 0 Å². The van der Waals surface area contributed by atoms with Crippen molar-refractivity contribution in [3.05, 3.63) is 0 Å². The summed E-state index contributed by atoms with van der Waals surface area (Å²) in [5.41, 5.74) is 5.81. The van der Waals surface area contributed by atoms with E-state index in [4.69, 9.17) is 5.73 Å². The number of likely N-dealkylation sites (tertiary alicyclic amines) is 2. The molecule has 3 fully saturated rings. The van der Waals surface area contributed by atoms with E-state index in [1.165, 1.54) is 12.8 Å².